The normalized spacial score (nSPS) is 9.87. The van der Waals surface area contributed by atoms with E-state index >= 15 is 0 Å². The van der Waals surface area contributed by atoms with Crippen molar-refractivity contribution in [3.05, 3.63) is 69.3 Å². The summed E-state index contributed by atoms with van der Waals surface area (Å²) in [6.45, 7) is 26.1. The molecule has 0 aliphatic heterocycles. The van der Waals surface area contributed by atoms with E-state index < -0.39 is 6.04 Å². The van der Waals surface area contributed by atoms with Gasteiger partial charge in [-0.05, 0) is 75.3 Å². The van der Waals surface area contributed by atoms with Gasteiger partial charge in [0, 0.05) is 0 Å². The van der Waals surface area contributed by atoms with Crippen LogP contribution in [0.25, 0.3) is 0 Å². The highest BCUT2D eigenvalue weighted by atomic mass is 16.1. The first-order chi connectivity index (χ1) is 14.8. The molecule has 1 unspecified atom stereocenters. The molecule has 2 aromatic rings. The molecular weight excluding hydrogens is 378 g/mol. The van der Waals surface area contributed by atoms with Gasteiger partial charge in [-0.3, -0.25) is 4.79 Å². The molecule has 2 nitrogen and oxygen atoms in total. The van der Waals surface area contributed by atoms with Crippen molar-refractivity contribution in [2.75, 3.05) is 0 Å². The van der Waals surface area contributed by atoms with Crippen LogP contribution in [0.2, 0.25) is 0 Å². The van der Waals surface area contributed by atoms with E-state index in [1.165, 1.54) is 33.4 Å². The highest BCUT2D eigenvalue weighted by molar-refractivity contribution is 5.81. The predicted molar refractivity (Wildman–Crippen MR) is 142 cm³/mol. The van der Waals surface area contributed by atoms with Crippen molar-refractivity contribution in [3.63, 3.8) is 0 Å². The fraction of sp³-hybridized carbons (Fsp3) is 0.552. The molecule has 0 amide bonds. The van der Waals surface area contributed by atoms with Gasteiger partial charge in [0.1, 0.15) is 5.78 Å². The zero-order valence-electron chi connectivity index (χ0n) is 22.9. The summed E-state index contributed by atoms with van der Waals surface area (Å²) in [4.78, 5) is 11.4. The number of nitrogens with two attached hydrogens (primary N) is 1. The van der Waals surface area contributed by atoms with Crippen LogP contribution >= 0.6 is 0 Å². The van der Waals surface area contributed by atoms with Crippen LogP contribution in [0, 0.1) is 27.7 Å². The fourth-order valence-electron chi connectivity index (χ4n) is 3.25. The van der Waals surface area contributed by atoms with Gasteiger partial charge in [-0.15, -0.1) is 0 Å². The van der Waals surface area contributed by atoms with E-state index in [2.05, 4.69) is 58.0 Å². The Morgan fingerprint density at radius 2 is 1.10 bits per heavy atom. The standard InChI is InChI=1S/C21H27NO.4C2H6/c1-13-6-14(2)8-18(7-13)11-20-15(3)9-19(10-16(20)4)12-21(22)17(5)23;4*1-2/h6-10,21H,11-12,22H2,1-5H3;4*1-2H3. The highest BCUT2D eigenvalue weighted by Gasteiger charge is 2.12. The second kappa shape index (κ2) is 20.0. The lowest BCUT2D eigenvalue weighted by molar-refractivity contribution is -0.118. The Morgan fingerprint density at radius 1 is 0.710 bits per heavy atom. The molecule has 2 rings (SSSR count). The zero-order valence-corrected chi connectivity index (χ0v) is 22.9. The van der Waals surface area contributed by atoms with Gasteiger partial charge in [0.15, 0.2) is 0 Å². The van der Waals surface area contributed by atoms with Crippen LogP contribution in [0.15, 0.2) is 30.3 Å². The van der Waals surface area contributed by atoms with Crippen LogP contribution in [0.5, 0.6) is 0 Å². The third-order valence-corrected chi connectivity index (χ3v) is 4.40. The minimum atomic E-state index is -0.404. The quantitative estimate of drug-likeness (QED) is 0.522. The molecule has 0 saturated carbocycles. The lowest BCUT2D eigenvalue weighted by Crippen LogP contribution is -2.30. The fourth-order valence-corrected chi connectivity index (χ4v) is 3.25. The molecule has 0 aliphatic rings. The third kappa shape index (κ3) is 13.2. The van der Waals surface area contributed by atoms with Gasteiger partial charge in [-0.25, -0.2) is 0 Å². The Morgan fingerprint density at radius 3 is 1.45 bits per heavy atom. The van der Waals surface area contributed by atoms with Crippen molar-refractivity contribution in [1.82, 2.24) is 0 Å². The van der Waals surface area contributed by atoms with E-state index in [4.69, 9.17) is 5.73 Å². The Hall–Kier alpha value is -1.93. The minimum absolute atomic E-state index is 0.0413. The molecule has 2 heteroatoms. The van der Waals surface area contributed by atoms with Gasteiger partial charge in [-0.1, -0.05) is 96.8 Å². The predicted octanol–water partition coefficient (Wildman–Crippen LogP) is 8.07. The number of hydrogen-bond acceptors (Lipinski definition) is 2. The first-order valence-electron chi connectivity index (χ1n) is 12.2. The summed E-state index contributed by atoms with van der Waals surface area (Å²) in [5.74, 6) is 0.0413. The number of benzene rings is 2. The summed E-state index contributed by atoms with van der Waals surface area (Å²) in [6, 6.07) is 10.7. The number of aryl methyl sites for hydroxylation is 4. The molecule has 2 aromatic carbocycles. The monoisotopic (exact) mass is 429 g/mol. The average molecular weight is 430 g/mol. The zero-order chi connectivity index (χ0) is 25.1. The van der Waals surface area contributed by atoms with Crippen molar-refractivity contribution in [2.45, 2.75) is 109 Å². The van der Waals surface area contributed by atoms with Crippen molar-refractivity contribution in [2.24, 2.45) is 5.73 Å². The number of hydrogen-bond donors (Lipinski definition) is 1. The summed E-state index contributed by atoms with van der Waals surface area (Å²) in [5, 5.41) is 0. The molecule has 178 valence electrons. The van der Waals surface area contributed by atoms with Crippen molar-refractivity contribution in [3.8, 4) is 0 Å². The SMILES string of the molecule is CC.CC.CC.CC.CC(=O)C(N)Cc1cc(C)c(Cc2cc(C)cc(C)c2)c(C)c1. The molecule has 0 heterocycles. The van der Waals surface area contributed by atoms with Gasteiger partial charge in [0.2, 0.25) is 0 Å². The summed E-state index contributed by atoms with van der Waals surface area (Å²) in [6.07, 6.45) is 1.56. The van der Waals surface area contributed by atoms with Gasteiger partial charge in [-0.2, -0.15) is 0 Å². The summed E-state index contributed by atoms with van der Waals surface area (Å²) in [7, 11) is 0. The summed E-state index contributed by atoms with van der Waals surface area (Å²) >= 11 is 0. The maximum absolute atomic E-state index is 11.4. The Bertz CT molecular complexity index is 688. The molecule has 0 aliphatic carbocycles. The van der Waals surface area contributed by atoms with E-state index in [9.17, 15) is 4.79 Å². The van der Waals surface area contributed by atoms with Gasteiger partial charge < -0.3 is 5.73 Å². The number of carbonyl (C=O) groups excluding carboxylic acids is 1. The van der Waals surface area contributed by atoms with Crippen molar-refractivity contribution in [1.29, 1.82) is 0 Å². The van der Waals surface area contributed by atoms with Crippen LogP contribution < -0.4 is 5.73 Å². The van der Waals surface area contributed by atoms with E-state index in [-0.39, 0.29) is 5.78 Å². The molecular formula is C29H51NO. The molecule has 0 spiro atoms. The van der Waals surface area contributed by atoms with Crippen LogP contribution in [-0.2, 0) is 17.6 Å². The topological polar surface area (TPSA) is 43.1 Å². The number of rotatable bonds is 5. The maximum atomic E-state index is 11.4. The molecule has 0 radical (unpaired) electrons. The second-order valence-corrected chi connectivity index (χ2v) is 6.80. The van der Waals surface area contributed by atoms with E-state index in [1.807, 2.05) is 55.4 Å². The first-order valence-corrected chi connectivity index (χ1v) is 12.2. The van der Waals surface area contributed by atoms with Crippen LogP contribution in [0.1, 0.15) is 101 Å². The number of ketones is 1. The van der Waals surface area contributed by atoms with Crippen LogP contribution in [-0.4, -0.2) is 11.8 Å². The highest BCUT2D eigenvalue weighted by Crippen LogP contribution is 2.22. The lowest BCUT2D eigenvalue weighted by Gasteiger charge is -2.15. The molecule has 1 atom stereocenters. The van der Waals surface area contributed by atoms with E-state index in [0.717, 1.165) is 12.0 Å². The molecule has 2 N–H and O–H groups in total. The molecule has 31 heavy (non-hydrogen) atoms. The Balaban J connectivity index is -0.000000879. The second-order valence-electron chi connectivity index (χ2n) is 6.80. The lowest BCUT2D eigenvalue weighted by atomic mass is 9.91. The minimum Gasteiger partial charge on any atom is -0.321 e. The molecule has 0 bridgehead atoms. The number of Topliss-reactive ketones (excluding diaryl/α,β-unsaturated/α-hetero) is 1. The van der Waals surface area contributed by atoms with E-state index in [1.54, 1.807) is 6.92 Å². The van der Waals surface area contributed by atoms with Gasteiger partial charge in [0.05, 0.1) is 6.04 Å². The van der Waals surface area contributed by atoms with Crippen LogP contribution in [0.3, 0.4) is 0 Å². The van der Waals surface area contributed by atoms with Crippen molar-refractivity contribution >= 4 is 5.78 Å². The summed E-state index contributed by atoms with van der Waals surface area (Å²) < 4.78 is 0. The Labute approximate surface area is 194 Å². The van der Waals surface area contributed by atoms with Crippen LogP contribution in [0.4, 0.5) is 0 Å². The maximum Gasteiger partial charge on any atom is 0.146 e. The smallest absolute Gasteiger partial charge is 0.146 e. The Kier molecular flexibility index (Phi) is 21.7. The first kappa shape index (κ1) is 33.7. The van der Waals surface area contributed by atoms with E-state index in [0.29, 0.717) is 6.42 Å². The largest absolute Gasteiger partial charge is 0.321 e. The summed E-state index contributed by atoms with van der Waals surface area (Å²) in [5.41, 5.74) is 14.9. The van der Waals surface area contributed by atoms with Gasteiger partial charge >= 0.3 is 0 Å². The molecule has 0 aromatic heterocycles. The average Bonchev–Trinajstić information content (AvgIpc) is 2.76. The van der Waals surface area contributed by atoms with Gasteiger partial charge in [0.25, 0.3) is 0 Å². The third-order valence-electron chi connectivity index (χ3n) is 4.40. The molecule has 0 fully saturated rings. The molecule has 0 saturated heterocycles. The van der Waals surface area contributed by atoms with Crippen molar-refractivity contribution < 1.29 is 4.79 Å². The number of carbonyl (C=O) groups is 1.